The third-order valence-electron chi connectivity index (χ3n) is 3.35. The average Bonchev–Trinajstić information content (AvgIpc) is 2.49. The van der Waals surface area contributed by atoms with Crippen LogP contribution in [-0.4, -0.2) is 26.4 Å². The smallest absolute Gasteiger partial charge is 0.270 e. The maximum Gasteiger partial charge on any atom is 0.270 e. The van der Waals surface area contributed by atoms with Gasteiger partial charge in [0.25, 0.3) is 11.2 Å². The fourth-order valence-electron chi connectivity index (χ4n) is 1.95. The summed E-state index contributed by atoms with van der Waals surface area (Å²) in [4.78, 5) is 38.4. The van der Waals surface area contributed by atoms with Crippen LogP contribution in [0.25, 0.3) is 10.9 Å². The van der Waals surface area contributed by atoms with E-state index in [1.165, 1.54) is 24.5 Å². The first kappa shape index (κ1) is 15.6. The summed E-state index contributed by atoms with van der Waals surface area (Å²) in [6.45, 7) is 3.63. The summed E-state index contributed by atoms with van der Waals surface area (Å²) < 4.78 is 1.14. The van der Waals surface area contributed by atoms with Gasteiger partial charge in [0, 0.05) is 18.2 Å². The Labute approximate surface area is 125 Å². The van der Waals surface area contributed by atoms with Gasteiger partial charge in [0.15, 0.2) is 0 Å². The standard InChI is InChI=1S/C14H16N4O4/c1-3-9(2)16-13(19)7-17-8-15-12-5-4-10(18(21)22)6-11(12)14(17)20/h4-6,8-9H,3,7H2,1-2H3,(H,16,19)/t9-/m1/s1. The molecule has 0 aliphatic carbocycles. The van der Waals surface area contributed by atoms with E-state index < -0.39 is 10.5 Å². The molecule has 1 aromatic carbocycles. The fourth-order valence-corrected chi connectivity index (χ4v) is 1.95. The molecule has 0 aliphatic rings. The number of carbonyl (C=O) groups excluding carboxylic acids is 1. The van der Waals surface area contributed by atoms with Gasteiger partial charge in [0.05, 0.1) is 22.2 Å². The average molecular weight is 304 g/mol. The van der Waals surface area contributed by atoms with Crippen molar-refractivity contribution in [3.8, 4) is 0 Å². The zero-order chi connectivity index (χ0) is 16.3. The number of hydrogen-bond donors (Lipinski definition) is 1. The summed E-state index contributed by atoms with van der Waals surface area (Å²) in [5, 5.41) is 13.7. The molecule has 8 nitrogen and oxygen atoms in total. The van der Waals surface area contributed by atoms with E-state index in [9.17, 15) is 19.7 Å². The number of nitro groups is 1. The van der Waals surface area contributed by atoms with Gasteiger partial charge in [-0.15, -0.1) is 0 Å². The Morgan fingerprint density at radius 1 is 1.50 bits per heavy atom. The summed E-state index contributed by atoms with van der Waals surface area (Å²) in [6.07, 6.45) is 2.05. The lowest BCUT2D eigenvalue weighted by atomic mass is 10.2. The second-order valence-electron chi connectivity index (χ2n) is 5.01. The first-order valence-corrected chi connectivity index (χ1v) is 6.85. The predicted octanol–water partition coefficient (Wildman–Crippen LogP) is 1.22. The van der Waals surface area contributed by atoms with E-state index in [0.717, 1.165) is 11.0 Å². The topological polar surface area (TPSA) is 107 Å². The van der Waals surface area contributed by atoms with Crippen LogP contribution >= 0.6 is 0 Å². The van der Waals surface area contributed by atoms with E-state index in [1.54, 1.807) is 0 Å². The number of benzene rings is 1. The van der Waals surface area contributed by atoms with Gasteiger partial charge in [-0.2, -0.15) is 0 Å². The second kappa shape index (κ2) is 6.33. The van der Waals surface area contributed by atoms with E-state index in [4.69, 9.17) is 0 Å². The molecule has 8 heteroatoms. The van der Waals surface area contributed by atoms with Crippen molar-refractivity contribution in [3.05, 3.63) is 45.0 Å². The highest BCUT2D eigenvalue weighted by Gasteiger charge is 2.13. The third kappa shape index (κ3) is 3.27. The molecule has 1 amide bonds. The van der Waals surface area contributed by atoms with Crippen molar-refractivity contribution < 1.29 is 9.72 Å². The zero-order valence-electron chi connectivity index (χ0n) is 12.3. The van der Waals surface area contributed by atoms with E-state index in [0.29, 0.717) is 5.52 Å². The molecule has 0 spiro atoms. The molecule has 1 N–H and O–H groups in total. The molecule has 0 saturated carbocycles. The van der Waals surface area contributed by atoms with Gasteiger partial charge in [0.2, 0.25) is 5.91 Å². The van der Waals surface area contributed by atoms with Crippen molar-refractivity contribution in [2.24, 2.45) is 0 Å². The van der Waals surface area contributed by atoms with Gasteiger partial charge < -0.3 is 5.32 Å². The maximum absolute atomic E-state index is 12.3. The zero-order valence-corrected chi connectivity index (χ0v) is 12.3. The predicted molar refractivity (Wildman–Crippen MR) is 80.6 cm³/mol. The third-order valence-corrected chi connectivity index (χ3v) is 3.35. The Kier molecular flexibility index (Phi) is 4.50. The fraction of sp³-hybridized carbons (Fsp3) is 0.357. The van der Waals surface area contributed by atoms with Crippen molar-refractivity contribution in [3.63, 3.8) is 0 Å². The molecule has 0 radical (unpaired) electrons. The van der Waals surface area contributed by atoms with Crippen molar-refractivity contribution in [1.82, 2.24) is 14.9 Å². The normalized spacial score (nSPS) is 12.1. The van der Waals surface area contributed by atoms with Crippen LogP contribution in [-0.2, 0) is 11.3 Å². The summed E-state index contributed by atoms with van der Waals surface area (Å²) in [6, 6.07) is 3.89. The number of nitro benzene ring substituents is 1. The van der Waals surface area contributed by atoms with Crippen LogP contribution in [0.15, 0.2) is 29.3 Å². The highest BCUT2D eigenvalue weighted by Crippen LogP contribution is 2.16. The number of aromatic nitrogens is 2. The number of nitrogens with one attached hydrogen (secondary N) is 1. The Hall–Kier alpha value is -2.77. The first-order valence-electron chi connectivity index (χ1n) is 6.85. The van der Waals surface area contributed by atoms with Crippen LogP contribution < -0.4 is 10.9 Å². The molecule has 0 unspecified atom stereocenters. The highest BCUT2D eigenvalue weighted by atomic mass is 16.6. The Morgan fingerprint density at radius 2 is 2.23 bits per heavy atom. The number of non-ortho nitro benzene ring substituents is 1. The van der Waals surface area contributed by atoms with Crippen LogP contribution in [0, 0.1) is 10.1 Å². The summed E-state index contributed by atoms with van der Waals surface area (Å²) in [7, 11) is 0. The second-order valence-corrected chi connectivity index (χ2v) is 5.01. The summed E-state index contributed by atoms with van der Waals surface area (Å²) in [5.74, 6) is -0.303. The molecular formula is C14H16N4O4. The lowest BCUT2D eigenvalue weighted by Crippen LogP contribution is -2.37. The summed E-state index contributed by atoms with van der Waals surface area (Å²) in [5.41, 5.74) is -0.310. The van der Waals surface area contributed by atoms with Crippen LogP contribution in [0.2, 0.25) is 0 Å². The Bertz CT molecular complexity index is 784. The monoisotopic (exact) mass is 304 g/mol. The Balaban J connectivity index is 2.35. The van der Waals surface area contributed by atoms with Gasteiger partial charge in [-0.25, -0.2) is 4.98 Å². The quantitative estimate of drug-likeness (QED) is 0.660. The van der Waals surface area contributed by atoms with Crippen molar-refractivity contribution >= 4 is 22.5 Å². The van der Waals surface area contributed by atoms with Crippen LogP contribution in [0.4, 0.5) is 5.69 Å². The molecule has 1 aromatic heterocycles. The highest BCUT2D eigenvalue weighted by molar-refractivity contribution is 5.80. The van der Waals surface area contributed by atoms with Crippen LogP contribution in [0.5, 0.6) is 0 Å². The minimum Gasteiger partial charge on any atom is -0.352 e. The van der Waals surface area contributed by atoms with Gasteiger partial charge in [-0.3, -0.25) is 24.3 Å². The van der Waals surface area contributed by atoms with E-state index in [-0.39, 0.29) is 29.6 Å². The number of fused-ring (bicyclic) bond motifs is 1. The number of amides is 1. The number of carbonyl (C=O) groups is 1. The van der Waals surface area contributed by atoms with E-state index in [1.807, 2.05) is 13.8 Å². The lowest BCUT2D eigenvalue weighted by molar-refractivity contribution is -0.384. The largest absolute Gasteiger partial charge is 0.352 e. The SMILES string of the molecule is CC[C@@H](C)NC(=O)Cn1cnc2ccc([N+](=O)[O-])cc2c1=O. The molecule has 2 rings (SSSR count). The van der Waals surface area contributed by atoms with E-state index in [2.05, 4.69) is 10.3 Å². The number of nitrogens with zero attached hydrogens (tertiary/aromatic N) is 3. The first-order chi connectivity index (χ1) is 10.4. The minimum atomic E-state index is -0.578. The number of rotatable bonds is 5. The minimum absolute atomic E-state index is 0.0118. The maximum atomic E-state index is 12.3. The molecule has 0 aliphatic heterocycles. The molecule has 0 fully saturated rings. The van der Waals surface area contributed by atoms with Gasteiger partial charge in [-0.1, -0.05) is 6.92 Å². The molecule has 1 heterocycles. The molecule has 0 saturated heterocycles. The molecule has 1 atom stereocenters. The Morgan fingerprint density at radius 3 is 2.86 bits per heavy atom. The van der Waals surface area contributed by atoms with Gasteiger partial charge >= 0.3 is 0 Å². The molecule has 2 aromatic rings. The van der Waals surface area contributed by atoms with Crippen molar-refractivity contribution in [2.45, 2.75) is 32.9 Å². The van der Waals surface area contributed by atoms with Crippen molar-refractivity contribution in [1.29, 1.82) is 0 Å². The van der Waals surface area contributed by atoms with Gasteiger partial charge in [-0.05, 0) is 19.4 Å². The lowest BCUT2D eigenvalue weighted by Gasteiger charge is -2.12. The van der Waals surface area contributed by atoms with Crippen molar-refractivity contribution in [2.75, 3.05) is 0 Å². The molecular weight excluding hydrogens is 288 g/mol. The van der Waals surface area contributed by atoms with E-state index >= 15 is 0 Å². The van der Waals surface area contributed by atoms with Crippen LogP contribution in [0.1, 0.15) is 20.3 Å². The van der Waals surface area contributed by atoms with Crippen LogP contribution in [0.3, 0.4) is 0 Å². The van der Waals surface area contributed by atoms with Gasteiger partial charge in [0.1, 0.15) is 6.54 Å². The molecule has 116 valence electrons. The molecule has 22 heavy (non-hydrogen) atoms. The molecule has 0 bridgehead atoms. The number of hydrogen-bond acceptors (Lipinski definition) is 5. The summed E-state index contributed by atoms with van der Waals surface area (Å²) >= 11 is 0.